The van der Waals surface area contributed by atoms with E-state index in [2.05, 4.69) is 30.9 Å². The van der Waals surface area contributed by atoms with Crippen LogP contribution in [0.3, 0.4) is 0 Å². The van der Waals surface area contributed by atoms with Crippen molar-refractivity contribution in [1.82, 2.24) is 24.6 Å². The van der Waals surface area contributed by atoms with Crippen molar-refractivity contribution >= 4 is 28.6 Å². The molecule has 2 aromatic carbocycles. The third-order valence-corrected chi connectivity index (χ3v) is 8.78. The molecule has 0 saturated carbocycles. The lowest BCUT2D eigenvalue weighted by Crippen LogP contribution is -2.35. The molecule has 3 aliphatic rings. The van der Waals surface area contributed by atoms with Gasteiger partial charge in [0.2, 0.25) is 0 Å². The van der Waals surface area contributed by atoms with Gasteiger partial charge in [-0.1, -0.05) is 28.9 Å². The van der Waals surface area contributed by atoms with E-state index in [1.807, 2.05) is 12.1 Å². The molecule has 0 spiro atoms. The summed E-state index contributed by atoms with van der Waals surface area (Å²) in [6, 6.07) is 12.1. The maximum absolute atomic E-state index is 14.8. The number of fused-ring (bicyclic) bond motifs is 2. The first-order valence-electron chi connectivity index (χ1n) is 14.3. The van der Waals surface area contributed by atoms with E-state index in [1.54, 1.807) is 25.1 Å². The van der Waals surface area contributed by atoms with E-state index in [-0.39, 0.29) is 23.6 Å². The van der Waals surface area contributed by atoms with Gasteiger partial charge in [-0.15, -0.1) is 10.2 Å². The zero-order valence-electron chi connectivity index (χ0n) is 23.5. The van der Waals surface area contributed by atoms with Crippen LogP contribution >= 0.6 is 11.6 Å². The summed E-state index contributed by atoms with van der Waals surface area (Å²) in [7, 11) is 0. The second-order valence-electron chi connectivity index (χ2n) is 11.3. The Bertz CT molecular complexity index is 1720. The van der Waals surface area contributed by atoms with E-state index in [0.717, 1.165) is 50.3 Å². The fraction of sp³-hybridized carbons (Fsp3) is 0.400. The van der Waals surface area contributed by atoms with Crippen LogP contribution in [0.4, 0.5) is 4.39 Å². The monoisotopic (exact) mass is 607 g/mol. The topological polar surface area (TPSA) is 133 Å². The number of nitrogens with zero attached hydrogens (tertiary/aromatic N) is 6. The van der Waals surface area contributed by atoms with Crippen LogP contribution in [0.5, 0.6) is 11.5 Å². The molecule has 4 aromatic rings. The molecule has 0 amide bonds. The van der Waals surface area contributed by atoms with Crippen LogP contribution in [0.1, 0.15) is 54.7 Å². The van der Waals surface area contributed by atoms with Gasteiger partial charge in [-0.2, -0.15) is 0 Å². The number of aromatic nitrogens is 4. The summed E-state index contributed by atoms with van der Waals surface area (Å²) in [5.41, 5.74) is 8.65. The van der Waals surface area contributed by atoms with Crippen LogP contribution < -0.4 is 15.2 Å². The summed E-state index contributed by atoms with van der Waals surface area (Å²) in [6.45, 7) is 5.45. The predicted octanol–water partition coefficient (Wildman–Crippen LogP) is 4.53. The van der Waals surface area contributed by atoms with Crippen molar-refractivity contribution in [1.29, 1.82) is 0 Å². The summed E-state index contributed by atoms with van der Waals surface area (Å²) in [5, 5.41) is 20.9. The van der Waals surface area contributed by atoms with Crippen molar-refractivity contribution in [3.05, 3.63) is 75.9 Å². The van der Waals surface area contributed by atoms with Crippen LogP contribution in [-0.2, 0) is 23.6 Å². The summed E-state index contributed by atoms with van der Waals surface area (Å²) in [4.78, 5) is 7.25. The van der Waals surface area contributed by atoms with E-state index < -0.39 is 11.6 Å². The van der Waals surface area contributed by atoms with Crippen LogP contribution in [0, 0.1) is 5.82 Å². The van der Waals surface area contributed by atoms with Gasteiger partial charge in [-0.05, 0) is 68.6 Å². The van der Waals surface area contributed by atoms with Gasteiger partial charge < -0.3 is 29.7 Å². The first kappa shape index (κ1) is 27.8. The number of hydrogen-bond acceptors (Lipinski definition) is 9. The zero-order chi connectivity index (χ0) is 29.7. The van der Waals surface area contributed by atoms with E-state index in [0.29, 0.717) is 46.3 Å². The standard InChI is InChI=1S/C30H31ClFN7O4/c1-30(21-6-5-18(31)13-22(21)32)42-25-4-2-3-20(27(25)43-30)17-7-10-38(11-8-17)16-26-34-24-14-23(28(33)37-40)35-36-29(24)39(26)15-19-9-12-41-19/h2-6,13-14,17,19,40H,7-12,15-16H2,1H3,(H2,33,37). The highest BCUT2D eigenvalue weighted by molar-refractivity contribution is 6.30. The number of nitrogens with two attached hydrogens (primary N) is 1. The minimum Gasteiger partial charge on any atom is -0.444 e. The first-order chi connectivity index (χ1) is 20.8. The number of oxime groups is 1. The largest absolute Gasteiger partial charge is 0.444 e. The van der Waals surface area contributed by atoms with Gasteiger partial charge in [-0.25, -0.2) is 9.37 Å². The Labute approximate surface area is 252 Å². The van der Waals surface area contributed by atoms with Gasteiger partial charge in [0.25, 0.3) is 5.79 Å². The molecule has 3 aliphatic heterocycles. The van der Waals surface area contributed by atoms with Gasteiger partial charge in [0.1, 0.15) is 22.9 Å². The van der Waals surface area contributed by atoms with Crippen molar-refractivity contribution in [2.45, 2.75) is 57.1 Å². The van der Waals surface area contributed by atoms with Gasteiger partial charge in [0.05, 0.1) is 24.8 Å². The molecular weight excluding hydrogens is 577 g/mol. The summed E-state index contributed by atoms with van der Waals surface area (Å²) in [5.74, 6) is 0.524. The van der Waals surface area contributed by atoms with Crippen LogP contribution in [0.25, 0.3) is 11.2 Å². The molecule has 2 fully saturated rings. The summed E-state index contributed by atoms with van der Waals surface area (Å²) in [6.07, 6.45) is 2.91. The zero-order valence-corrected chi connectivity index (χ0v) is 24.3. The average Bonchev–Trinajstić information content (AvgIpc) is 3.50. The maximum atomic E-state index is 14.8. The number of para-hydroxylation sites is 1. The summed E-state index contributed by atoms with van der Waals surface area (Å²) < 4.78 is 35.1. The Morgan fingerprint density at radius 2 is 1.98 bits per heavy atom. The van der Waals surface area contributed by atoms with E-state index in [9.17, 15) is 4.39 Å². The number of amidine groups is 1. The second kappa shape index (κ2) is 10.9. The number of piperidine rings is 1. The lowest BCUT2D eigenvalue weighted by Gasteiger charge is -2.33. The number of hydrogen-bond donors (Lipinski definition) is 2. The Hall–Kier alpha value is -4.00. The lowest BCUT2D eigenvalue weighted by molar-refractivity contribution is -0.0712. The molecule has 13 heteroatoms. The third-order valence-electron chi connectivity index (χ3n) is 8.55. The Balaban J connectivity index is 1.08. The number of likely N-dealkylation sites (tertiary alicyclic amines) is 1. The molecule has 2 atom stereocenters. The second-order valence-corrected chi connectivity index (χ2v) is 11.8. The Morgan fingerprint density at radius 3 is 2.70 bits per heavy atom. The molecule has 0 radical (unpaired) electrons. The number of rotatable bonds is 7. The van der Waals surface area contributed by atoms with Gasteiger partial charge >= 0.3 is 0 Å². The third kappa shape index (κ3) is 5.13. The van der Waals surface area contributed by atoms with Crippen molar-refractivity contribution in [3.8, 4) is 11.5 Å². The number of benzene rings is 2. The molecule has 224 valence electrons. The Kier molecular flexibility index (Phi) is 7.07. The Morgan fingerprint density at radius 1 is 1.16 bits per heavy atom. The lowest BCUT2D eigenvalue weighted by atomic mass is 9.88. The number of halogens is 2. The molecular formula is C30H31ClFN7O4. The molecule has 5 heterocycles. The van der Waals surface area contributed by atoms with Crippen LogP contribution in [0.15, 0.2) is 47.6 Å². The van der Waals surface area contributed by atoms with Crippen molar-refractivity contribution in [2.24, 2.45) is 10.9 Å². The average molecular weight is 608 g/mol. The highest BCUT2D eigenvalue weighted by Crippen LogP contribution is 2.49. The highest BCUT2D eigenvalue weighted by atomic mass is 35.5. The maximum Gasteiger partial charge on any atom is 0.278 e. The molecule has 2 aromatic heterocycles. The molecule has 43 heavy (non-hydrogen) atoms. The highest BCUT2D eigenvalue weighted by Gasteiger charge is 2.43. The van der Waals surface area contributed by atoms with Crippen molar-refractivity contribution in [3.63, 3.8) is 0 Å². The number of imidazole rings is 1. The van der Waals surface area contributed by atoms with E-state index in [1.165, 1.54) is 6.07 Å². The predicted molar refractivity (Wildman–Crippen MR) is 156 cm³/mol. The van der Waals surface area contributed by atoms with Gasteiger partial charge in [0.15, 0.2) is 23.0 Å². The number of ether oxygens (including phenoxy) is 3. The van der Waals surface area contributed by atoms with Crippen LogP contribution in [0.2, 0.25) is 5.02 Å². The molecule has 0 aliphatic carbocycles. The minimum atomic E-state index is -1.28. The fourth-order valence-electron chi connectivity index (χ4n) is 6.13. The van der Waals surface area contributed by atoms with Gasteiger partial charge in [-0.3, -0.25) is 4.90 Å². The fourth-order valence-corrected chi connectivity index (χ4v) is 6.29. The first-order valence-corrected chi connectivity index (χ1v) is 14.7. The molecule has 11 nitrogen and oxygen atoms in total. The van der Waals surface area contributed by atoms with Crippen LogP contribution in [-0.4, -0.2) is 61.5 Å². The van der Waals surface area contributed by atoms with E-state index in [4.69, 9.17) is 41.7 Å². The molecule has 0 bridgehead atoms. The quantitative estimate of drug-likeness (QED) is 0.135. The minimum absolute atomic E-state index is 0.113. The smallest absolute Gasteiger partial charge is 0.278 e. The van der Waals surface area contributed by atoms with E-state index >= 15 is 0 Å². The SMILES string of the molecule is CC1(c2ccc(Cl)cc2F)Oc2cccc(C3CCN(Cc4nc5cc(C(N)=NO)nnc5n4CC4CCO4)CC3)c2O1. The van der Waals surface area contributed by atoms with Crippen molar-refractivity contribution in [2.75, 3.05) is 19.7 Å². The summed E-state index contributed by atoms with van der Waals surface area (Å²) >= 11 is 5.97. The molecule has 3 N–H and O–H groups in total. The normalized spacial score (nSPS) is 22.7. The van der Waals surface area contributed by atoms with Crippen molar-refractivity contribution < 1.29 is 23.8 Å². The van der Waals surface area contributed by atoms with Gasteiger partial charge in [0, 0.05) is 24.1 Å². The molecule has 2 unspecified atom stereocenters. The molecule has 7 rings (SSSR count). The molecule has 2 saturated heterocycles.